The molecule has 3 heterocycles. The molecule has 1 spiro atoms. The molecule has 1 aliphatic carbocycles. The molecule has 2 aromatic rings. The van der Waals surface area contributed by atoms with E-state index in [2.05, 4.69) is 20.0 Å². The minimum Gasteiger partial charge on any atom is -0.355 e. The summed E-state index contributed by atoms with van der Waals surface area (Å²) in [4.78, 5) is 5.10. The molecule has 0 atom stereocenters. The molecule has 2 aliphatic heterocycles. The van der Waals surface area contributed by atoms with Crippen LogP contribution in [-0.2, 0) is 0 Å². The van der Waals surface area contributed by atoms with Crippen LogP contribution in [0.4, 0.5) is 10.2 Å². The fourth-order valence-corrected chi connectivity index (χ4v) is 5.31. The fraction of sp³-hybridized carbons (Fsp3) is 0.565. The third-order valence-electron chi connectivity index (χ3n) is 7.46. The van der Waals surface area contributed by atoms with Crippen LogP contribution in [0.25, 0.3) is 11.3 Å². The Balaban J connectivity index is 1.19. The number of benzene rings is 1. The molecule has 1 aromatic heterocycles. The molecule has 3 aliphatic rings. The molecule has 4 nitrogen and oxygen atoms in total. The lowest BCUT2D eigenvalue weighted by Crippen LogP contribution is -2.51. The Kier molecular flexibility index (Phi) is 5.21. The van der Waals surface area contributed by atoms with Crippen molar-refractivity contribution in [2.24, 2.45) is 5.41 Å². The molecule has 0 bridgehead atoms. The van der Waals surface area contributed by atoms with Crippen LogP contribution in [0.2, 0.25) is 5.02 Å². The quantitative estimate of drug-likeness (QED) is 0.693. The normalized spacial score (nSPS) is 22.6. The molecule has 0 amide bonds. The Bertz CT molecular complexity index is 850. The van der Waals surface area contributed by atoms with E-state index in [4.69, 9.17) is 11.6 Å². The van der Waals surface area contributed by atoms with Gasteiger partial charge in [-0.3, -0.25) is 0 Å². The van der Waals surface area contributed by atoms with Crippen LogP contribution in [0.15, 0.2) is 30.3 Å². The highest BCUT2D eigenvalue weighted by atomic mass is 35.5. The average molecular weight is 415 g/mol. The van der Waals surface area contributed by atoms with Crippen LogP contribution in [-0.4, -0.2) is 47.3 Å². The average Bonchev–Trinajstić information content (AvgIpc) is 2.71. The van der Waals surface area contributed by atoms with Crippen LogP contribution in [0, 0.1) is 11.2 Å². The Morgan fingerprint density at radius 1 is 0.931 bits per heavy atom. The topological polar surface area (TPSA) is 32.3 Å². The number of aromatic nitrogens is 2. The lowest BCUT2D eigenvalue weighted by atomic mass is 9.70. The lowest BCUT2D eigenvalue weighted by Gasteiger charge is -2.50. The second-order valence-electron chi connectivity index (χ2n) is 9.01. The van der Waals surface area contributed by atoms with E-state index in [9.17, 15) is 4.39 Å². The number of piperidine rings is 2. The van der Waals surface area contributed by atoms with E-state index < -0.39 is 5.82 Å². The highest BCUT2D eigenvalue weighted by molar-refractivity contribution is 6.31. The minimum absolute atomic E-state index is 0.109. The maximum Gasteiger partial charge on any atom is 0.151 e. The number of halogens is 2. The molecule has 0 radical (unpaired) electrons. The zero-order valence-electron chi connectivity index (χ0n) is 16.8. The number of hydrogen-bond acceptors (Lipinski definition) is 4. The molecule has 6 heteroatoms. The van der Waals surface area contributed by atoms with Gasteiger partial charge < -0.3 is 9.80 Å². The predicted molar refractivity (Wildman–Crippen MR) is 115 cm³/mol. The van der Waals surface area contributed by atoms with Gasteiger partial charge in [-0.1, -0.05) is 18.0 Å². The number of hydrogen-bond donors (Lipinski definition) is 0. The van der Waals surface area contributed by atoms with E-state index in [1.165, 1.54) is 64.1 Å². The lowest BCUT2D eigenvalue weighted by molar-refractivity contribution is 0.0305. The number of rotatable bonds is 3. The molecule has 29 heavy (non-hydrogen) atoms. The van der Waals surface area contributed by atoms with Crippen molar-refractivity contribution in [3.8, 4) is 11.3 Å². The maximum atomic E-state index is 13.4. The van der Waals surface area contributed by atoms with E-state index in [1.807, 2.05) is 12.1 Å². The van der Waals surface area contributed by atoms with Gasteiger partial charge in [0.2, 0.25) is 0 Å². The van der Waals surface area contributed by atoms with Crippen LogP contribution in [0.3, 0.4) is 0 Å². The zero-order chi connectivity index (χ0) is 19.8. The second-order valence-corrected chi connectivity index (χ2v) is 9.42. The molecule has 0 unspecified atom stereocenters. The first-order valence-electron chi connectivity index (χ1n) is 10.9. The number of anilines is 1. The molecular weight excluding hydrogens is 387 g/mol. The first kappa shape index (κ1) is 19.3. The third-order valence-corrected chi connectivity index (χ3v) is 7.75. The van der Waals surface area contributed by atoms with Crippen molar-refractivity contribution in [3.05, 3.63) is 41.2 Å². The van der Waals surface area contributed by atoms with Gasteiger partial charge in [0.05, 0.1) is 10.7 Å². The van der Waals surface area contributed by atoms with Gasteiger partial charge >= 0.3 is 0 Å². The molecule has 2 saturated heterocycles. The van der Waals surface area contributed by atoms with Gasteiger partial charge in [-0.05, 0) is 87.4 Å². The third kappa shape index (κ3) is 3.87. The summed E-state index contributed by atoms with van der Waals surface area (Å²) in [5, 5.41) is 8.92. The largest absolute Gasteiger partial charge is 0.355 e. The summed E-state index contributed by atoms with van der Waals surface area (Å²) in [6, 6.07) is 9.52. The van der Waals surface area contributed by atoms with E-state index in [0.717, 1.165) is 30.5 Å². The summed E-state index contributed by atoms with van der Waals surface area (Å²) >= 11 is 5.89. The van der Waals surface area contributed by atoms with Gasteiger partial charge in [0.15, 0.2) is 5.82 Å². The first-order valence-corrected chi connectivity index (χ1v) is 11.3. The van der Waals surface area contributed by atoms with E-state index in [1.54, 1.807) is 12.1 Å². The first-order chi connectivity index (χ1) is 14.1. The van der Waals surface area contributed by atoms with Crippen molar-refractivity contribution in [2.75, 3.05) is 31.1 Å². The van der Waals surface area contributed by atoms with Crippen molar-refractivity contribution in [1.82, 2.24) is 15.1 Å². The summed E-state index contributed by atoms with van der Waals surface area (Å²) in [6.45, 7) is 4.69. The molecule has 1 saturated carbocycles. The van der Waals surface area contributed by atoms with Crippen LogP contribution in [0.1, 0.15) is 44.9 Å². The maximum absolute atomic E-state index is 13.4. The molecule has 5 rings (SSSR count). The fourth-order valence-electron chi connectivity index (χ4n) is 5.13. The van der Waals surface area contributed by atoms with Crippen LogP contribution < -0.4 is 4.90 Å². The van der Waals surface area contributed by atoms with Gasteiger partial charge in [-0.15, -0.1) is 10.2 Å². The molecule has 154 valence electrons. The highest BCUT2D eigenvalue weighted by Crippen LogP contribution is 2.43. The number of likely N-dealkylation sites (tertiary alicyclic amines) is 1. The molecule has 1 aromatic carbocycles. The Hall–Kier alpha value is -1.72. The standard InChI is InChI=1S/C23H28ClFN4/c24-19-16-17(4-5-20(19)25)21-6-7-22(27-26-21)29-14-10-23(11-15-29)8-12-28(13-9-23)18-2-1-3-18/h4-7,16,18H,1-3,8-15H2. The van der Waals surface area contributed by atoms with Gasteiger partial charge in [0.25, 0.3) is 0 Å². The molecule has 3 fully saturated rings. The second kappa shape index (κ2) is 7.84. The van der Waals surface area contributed by atoms with Crippen molar-refractivity contribution in [2.45, 2.75) is 51.0 Å². The van der Waals surface area contributed by atoms with Crippen molar-refractivity contribution in [1.29, 1.82) is 0 Å². The van der Waals surface area contributed by atoms with Crippen molar-refractivity contribution >= 4 is 17.4 Å². The van der Waals surface area contributed by atoms with Gasteiger partial charge in [-0.2, -0.15) is 0 Å². The number of nitrogens with zero attached hydrogens (tertiary/aromatic N) is 4. The zero-order valence-corrected chi connectivity index (χ0v) is 17.5. The van der Waals surface area contributed by atoms with E-state index in [-0.39, 0.29) is 5.02 Å². The smallest absolute Gasteiger partial charge is 0.151 e. The van der Waals surface area contributed by atoms with Gasteiger partial charge in [0, 0.05) is 24.7 Å². The summed E-state index contributed by atoms with van der Waals surface area (Å²) < 4.78 is 13.4. The Morgan fingerprint density at radius 3 is 2.24 bits per heavy atom. The van der Waals surface area contributed by atoms with E-state index in [0.29, 0.717) is 11.1 Å². The van der Waals surface area contributed by atoms with E-state index >= 15 is 0 Å². The predicted octanol–water partition coefficient (Wildman–Crippen LogP) is 5.17. The summed E-state index contributed by atoms with van der Waals surface area (Å²) in [7, 11) is 0. The van der Waals surface area contributed by atoms with Gasteiger partial charge in [-0.25, -0.2) is 4.39 Å². The molecular formula is C23H28ClFN4. The van der Waals surface area contributed by atoms with Crippen LogP contribution >= 0.6 is 11.6 Å². The minimum atomic E-state index is -0.416. The summed E-state index contributed by atoms with van der Waals surface area (Å²) in [6.07, 6.45) is 9.47. The summed E-state index contributed by atoms with van der Waals surface area (Å²) in [5.41, 5.74) is 2.04. The molecule has 0 N–H and O–H groups in total. The van der Waals surface area contributed by atoms with Crippen molar-refractivity contribution < 1.29 is 4.39 Å². The van der Waals surface area contributed by atoms with Crippen molar-refractivity contribution in [3.63, 3.8) is 0 Å². The Morgan fingerprint density at radius 2 is 1.66 bits per heavy atom. The Labute approximate surface area is 177 Å². The highest BCUT2D eigenvalue weighted by Gasteiger charge is 2.39. The summed E-state index contributed by atoms with van der Waals surface area (Å²) in [5.74, 6) is 0.518. The SMILES string of the molecule is Fc1ccc(-c2ccc(N3CCC4(CC3)CCN(C3CCC3)CC4)nn2)cc1Cl. The van der Waals surface area contributed by atoms with Crippen LogP contribution in [0.5, 0.6) is 0 Å². The van der Waals surface area contributed by atoms with Gasteiger partial charge in [0.1, 0.15) is 5.82 Å². The monoisotopic (exact) mass is 414 g/mol.